The molecule has 0 N–H and O–H groups in total. The molecule has 1 saturated heterocycles. The molecule has 11 heteroatoms. The van der Waals surface area contributed by atoms with Gasteiger partial charge in [-0.25, -0.2) is 9.29 Å². The van der Waals surface area contributed by atoms with E-state index in [9.17, 15) is 14.0 Å². The van der Waals surface area contributed by atoms with Gasteiger partial charge in [0.2, 0.25) is 11.7 Å². The fraction of sp³-hybridized carbons (Fsp3) is 0.200. The molecule has 0 radical (unpaired) electrons. The molecule has 2 aliphatic rings. The largest absolute Gasteiger partial charge is 0.337 e. The summed E-state index contributed by atoms with van der Waals surface area (Å²) >= 11 is 3.44. The monoisotopic (exact) mass is 484 g/mol. The van der Waals surface area contributed by atoms with Gasteiger partial charge in [-0.15, -0.1) is 0 Å². The number of carbonyl (C=O) groups excluding carboxylic acids is 2. The maximum absolute atomic E-state index is 14.0. The number of aryl methyl sites for hydroxylation is 1. The fourth-order valence-corrected chi connectivity index (χ4v) is 4.00. The molecule has 1 aromatic heterocycles. The zero-order chi connectivity index (χ0) is 21.7. The van der Waals surface area contributed by atoms with Crippen molar-refractivity contribution in [2.75, 3.05) is 4.90 Å². The Labute approximate surface area is 183 Å². The van der Waals surface area contributed by atoms with Crippen LogP contribution >= 0.6 is 15.9 Å². The molecule has 0 saturated carbocycles. The van der Waals surface area contributed by atoms with Crippen molar-refractivity contribution in [3.05, 3.63) is 64.2 Å². The van der Waals surface area contributed by atoms with Crippen molar-refractivity contribution in [2.24, 2.45) is 10.3 Å². The lowest BCUT2D eigenvalue weighted by atomic mass is 10.1. The molecule has 2 amide bonds. The highest BCUT2D eigenvalue weighted by atomic mass is 79.9. The first-order chi connectivity index (χ1) is 14.9. The lowest BCUT2D eigenvalue weighted by Crippen LogP contribution is -2.39. The van der Waals surface area contributed by atoms with E-state index in [0.29, 0.717) is 11.4 Å². The summed E-state index contributed by atoms with van der Waals surface area (Å²) in [6.07, 6.45) is 0. The molecular weight excluding hydrogens is 471 g/mol. The summed E-state index contributed by atoms with van der Waals surface area (Å²) in [6.45, 7) is 1.60. The van der Waals surface area contributed by atoms with Crippen LogP contribution in [0, 0.1) is 12.7 Å². The van der Waals surface area contributed by atoms with E-state index in [4.69, 9.17) is 4.52 Å². The highest BCUT2D eigenvalue weighted by Crippen LogP contribution is 2.33. The molecule has 3 aromatic rings. The molecule has 5 rings (SSSR count). The zero-order valence-corrected chi connectivity index (χ0v) is 17.7. The lowest BCUT2D eigenvalue weighted by Gasteiger charge is -2.19. The van der Waals surface area contributed by atoms with E-state index in [0.717, 1.165) is 21.0 Å². The average molecular weight is 485 g/mol. The van der Waals surface area contributed by atoms with Crippen LogP contribution in [0.4, 0.5) is 10.1 Å². The van der Waals surface area contributed by atoms with Crippen molar-refractivity contribution >= 4 is 33.4 Å². The van der Waals surface area contributed by atoms with Gasteiger partial charge in [0, 0.05) is 10.0 Å². The van der Waals surface area contributed by atoms with Crippen LogP contribution in [0.3, 0.4) is 0 Å². The number of aromatic nitrogens is 2. The average Bonchev–Trinajstić information content (AvgIpc) is 3.43. The highest BCUT2D eigenvalue weighted by Gasteiger charge is 2.55. The number of amides is 2. The van der Waals surface area contributed by atoms with Crippen LogP contribution in [0.5, 0.6) is 0 Å². The van der Waals surface area contributed by atoms with Crippen molar-refractivity contribution in [3.8, 4) is 11.4 Å². The Balaban J connectivity index is 1.38. The number of hydrogen-bond donors (Lipinski definition) is 0. The molecule has 2 aliphatic heterocycles. The van der Waals surface area contributed by atoms with Crippen molar-refractivity contribution in [1.82, 2.24) is 15.1 Å². The minimum absolute atomic E-state index is 0.00274. The Morgan fingerprint density at radius 1 is 1.16 bits per heavy atom. The van der Waals surface area contributed by atoms with Crippen molar-refractivity contribution < 1.29 is 18.5 Å². The predicted octanol–water partition coefficient (Wildman–Crippen LogP) is 3.44. The first kappa shape index (κ1) is 19.5. The molecule has 156 valence electrons. The number of halogens is 2. The van der Waals surface area contributed by atoms with E-state index >= 15 is 0 Å². The standard InChI is InChI=1S/C20H14BrFN6O3/c1-10-6-7-11(8-14(10)22)28-19(29)16-17(20(28)30)27(26-24-16)9-15-23-18(25-31-15)12-4-2-3-5-13(12)21/h2-8,16-17H,9H2,1H3/t16-,17-/m0/s1. The van der Waals surface area contributed by atoms with E-state index < -0.39 is 29.7 Å². The second kappa shape index (κ2) is 7.34. The van der Waals surface area contributed by atoms with Crippen molar-refractivity contribution in [2.45, 2.75) is 25.6 Å². The highest BCUT2D eigenvalue weighted by molar-refractivity contribution is 9.10. The molecule has 0 spiro atoms. The Kier molecular flexibility index (Phi) is 4.62. The van der Waals surface area contributed by atoms with Gasteiger partial charge in [-0.2, -0.15) is 10.1 Å². The number of nitrogens with zero attached hydrogens (tertiary/aromatic N) is 6. The van der Waals surface area contributed by atoms with Crippen LogP contribution in [0.1, 0.15) is 11.5 Å². The van der Waals surface area contributed by atoms with Gasteiger partial charge >= 0.3 is 0 Å². The van der Waals surface area contributed by atoms with Gasteiger partial charge in [-0.3, -0.25) is 14.6 Å². The number of carbonyl (C=O) groups is 2. The van der Waals surface area contributed by atoms with Gasteiger partial charge < -0.3 is 4.52 Å². The van der Waals surface area contributed by atoms with Crippen LogP contribution in [0.2, 0.25) is 0 Å². The Morgan fingerprint density at radius 3 is 2.74 bits per heavy atom. The quantitative estimate of drug-likeness (QED) is 0.525. The molecule has 2 atom stereocenters. The molecule has 0 aliphatic carbocycles. The third-order valence-corrected chi connectivity index (χ3v) is 5.84. The number of imide groups is 1. The van der Waals surface area contributed by atoms with E-state index in [1.807, 2.05) is 24.3 Å². The first-order valence-corrected chi connectivity index (χ1v) is 10.1. The molecular formula is C20H14BrFN6O3. The molecule has 2 aromatic carbocycles. The van der Waals surface area contributed by atoms with Gasteiger partial charge in [0.05, 0.1) is 5.69 Å². The van der Waals surface area contributed by atoms with Gasteiger partial charge in [-0.05, 0) is 36.8 Å². The lowest BCUT2D eigenvalue weighted by molar-refractivity contribution is -0.123. The van der Waals surface area contributed by atoms with E-state index in [1.165, 1.54) is 17.1 Å². The van der Waals surface area contributed by atoms with Gasteiger partial charge in [0.15, 0.2) is 12.1 Å². The number of benzene rings is 2. The van der Waals surface area contributed by atoms with Crippen LogP contribution in [0.15, 0.2) is 61.8 Å². The second-order valence-electron chi connectivity index (χ2n) is 7.13. The third-order valence-electron chi connectivity index (χ3n) is 5.15. The number of hydrogen-bond acceptors (Lipinski definition) is 8. The summed E-state index contributed by atoms with van der Waals surface area (Å²) in [4.78, 5) is 31.1. The van der Waals surface area contributed by atoms with E-state index in [1.54, 1.807) is 6.92 Å². The number of fused-ring (bicyclic) bond motifs is 1. The van der Waals surface area contributed by atoms with Crippen LogP contribution in [0.25, 0.3) is 11.4 Å². The van der Waals surface area contributed by atoms with Crippen molar-refractivity contribution in [1.29, 1.82) is 0 Å². The Hall–Kier alpha value is -3.47. The summed E-state index contributed by atoms with van der Waals surface area (Å²) in [5.74, 6) is -0.997. The summed E-state index contributed by atoms with van der Waals surface area (Å²) in [5.41, 5.74) is 1.33. The molecule has 0 bridgehead atoms. The van der Waals surface area contributed by atoms with Gasteiger partial charge in [0.1, 0.15) is 12.4 Å². The zero-order valence-electron chi connectivity index (χ0n) is 16.1. The smallest absolute Gasteiger partial charge is 0.263 e. The van der Waals surface area contributed by atoms with Crippen LogP contribution in [-0.2, 0) is 16.1 Å². The third kappa shape index (κ3) is 3.21. The maximum atomic E-state index is 14.0. The second-order valence-corrected chi connectivity index (χ2v) is 7.98. The molecule has 0 unspecified atom stereocenters. The predicted molar refractivity (Wildman–Crippen MR) is 109 cm³/mol. The summed E-state index contributed by atoms with van der Waals surface area (Å²) in [7, 11) is 0. The number of rotatable bonds is 4. The normalized spacial score (nSPS) is 20.1. The first-order valence-electron chi connectivity index (χ1n) is 9.33. The van der Waals surface area contributed by atoms with Crippen LogP contribution in [-0.4, -0.2) is 39.0 Å². The Bertz CT molecular complexity index is 1250. The molecule has 31 heavy (non-hydrogen) atoms. The Morgan fingerprint density at radius 2 is 1.97 bits per heavy atom. The SMILES string of the molecule is Cc1ccc(N2C(=O)[C@H]3N=NN(Cc4nc(-c5ccccc5Br)no4)[C@@H]3C2=O)cc1F. The fourth-order valence-electron chi connectivity index (χ4n) is 3.54. The number of anilines is 1. The minimum Gasteiger partial charge on any atom is -0.337 e. The maximum Gasteiger partial charge on any atom is 0.263 e. The van der Waals surface area contributed by atoms with Crippen LogP contribution < -0.4 is 4.90 Å². The summed E-state index contributed by atoms with van der Waals surface area (Å²) < 4.78 is 20.1. The summed E-state index contributed by atoms with van der Waals surface area (Å²) in [6, 6.07) is 9.67. The summed E-state index contributed by atoms with van der Waals surface area (Å²) in [5, 5.41) is 13.2. The van der Waals surface area contributed by atoms with E-state index in [2.05, 4.69) is 36.4 Å². The van der Waals surface area contributed by atoms with E-state index in [-0.39, 0.29) is 18.1 Å². The topological polar surface area (TPSA) is 104 Å². The minimum atomic E-state index is -0.998. The van der Waals surface area contributed by atoms with Crippen molar-refractivity contribution in [3.63, 3.8) is 0 Å². The molecule has 3 heterocycles. The molecule has 9 nitrogen and oxygen atoms in total. The molecule has 1 fully saturated rings. The van der Waals surface area contributed by atoms with Gasteiger partial charge in [0.25, 0.3) is 11.8 Å². The van der Waals surface area contributed by atoms with Gasteiger partial charge in [-0.1, -0.05) is 44.5 Å².